The van der Waals surface area contributed by atoms with Crippen LogP contribution in [0.15, 0.2) is 18.3 Å². The van der Waals surface area contributed by atoms with Gasteiger partial charge in [0, 0.05) is 38.3 Å². The molecular formula is C20H26N4O. The van der Waals surface area contributed by atoms with E-state index in [0.717, 1.165) is 56.5 Å². The summed E-state index contributed by atoms with van der Waals surface area (Å²) in [4.78, 5) is 21.5. The highest BCUT2D eigenvalue weighted by atomic mass is 16.2. The van der Waals surface area contributed by atoms with Gasteiger partial charge < -0.3 is 9.80 Å². The van der Waals surface area contributed by atoms with Crippen LogP contribution in [0, 0.1) is 29.1 Å². The van der Waals surface area contributed by atoms with Crippen LogP contribution >= 0.6 is 0 Å². The van der Waals surface area contributed by atoms with E-state index in [1.54, 1.807) is 6.20 Å². The fourth-order valence-electron chi connectivity index (χ4n) is 4.95. The van der Waals surface area contributed by atoms with Crippen LogP contribution in [0.5, 0.6) is 0 Å². The van der Waals surface area contributed by atoms with Crippen LogP contribution in [0.1, 0.15) is 44.2 Å². The first kappa shape index (κ1) is 16.4. The van der Waals surface area contributed by atoms with Crippen molar-refractivity contribution < 1.29 is 4.79 Å². The SMILES string of the molecule is N#Cc1ncccc1N1CCC(C(=O)N2CC3CCCCC3C2)CC1. The number of hydrogen-bond donors (Lipinski definition) is 0. The monoisotopic (exact) mass is 338 g/mol. The number of likely N-dealkylation sites (tertiary alicyclic amines) is 1. The van der Waals surface area contributed by atoms with Crippen molar-refractivity contribution in [3.63, 3.8) is 0 Å². The van der Waals surface area contributed by atoms with E-state index < -0.39 is 0 Å². The van der Waals surface area contributed by atoms with E-state index in [1.165, 1.54) is 25.7 Å². The first-order valence-corrected chi connectivity index (χ1v) is 9.65. The molecule has 2 atom stereocenters. The van der Waals surface area contributed by atoms with Crippen molar-refractivity contribution in [2.24, 2.45) is 17.8 Å². The molecule has 2 unspecified atom stereocenters. The Hall–Kier alpha value is -2.09. The molecular weight excluding hydrogens is 312 g/mol. The molecule has 3 fully saturated rings. The predicted molar refractivity (Wildman–Crippen MR) is 95.9 cm³/mol. The topological polar surface area (TPSA) is 60.2 Å². The average Bonchev–Trinajstić information content (AvgIpc) is 3.12. The zero-order valence-electron chi connectivity index (χ0n) is 14.7. The van der Waals surface area contributed by atoms with Crippen LogP contribution in [0.25, 0.3) is 0 Å². The lowest BCUT2D eigenvalue weighted by atomic mass is 9.82. The molecule has 4 rings (SSSR count). The largest absolute Gasteiger partial charge is 0.369 e. The summed E-state index contributed by atoms with van der Waals surface area (Å²) in [5.41, 5.74) is 1.39. The van der Waals surface area contributed by atoms with Crippen molar-refractivity contribution in [2.75, 3.05) is 31.1 Å². The van der Waals surface area contributed by atoms with Gasteiger partial charge in [-0.15, -0.1) is 0 Å². The number of rotatable bonds is 2. The first-order chi connectivity index (χ1) is 12.3. The van der Waals surface area contributed by atoms with Gasteiger partial charge in [0.2, 0.25) is 5.91 Å². The fraction of sp³-hybridized carbons (Fsp3) is 0.650. The highest BCUT2D eigenvalue weighted by molar-refractivity contribution is 5.79. The summed E-state index contributed by atoms with van der Waals surface area (Å²) in [6.07, 6.45) is 8.72. The molecule has 2 saturated heterocycles. The molecule has 0 spiro atoms. The Bertz CT molecular complexity index is 661. The van der Waals surface area contributed by atoms with Gasteiger partial charge in [0.25, 0.3) is 0 Å². The quantitative estimate of drug-likeness (QED) is 0.832. The van der Waals surface area contributed by atoms with E-state index in [0.29, 0.717) is 11.6 Å². The third kappa shape index (κ3) is 3.22. The first-order valence-electron chi connectivity index (χ1n) is 9.65. The molecule has 5 nitrogen and oxygen atoms in total. The number of anilines is 1. The summed E-state index contributed by atoms with van der Waals surface area (Å²) in [7, 11) is 0. The molecule has 1 aromatic rings. The van der Waals surface area contributed by atoms with Crippen molar-refractivity contribution in [3.8, 4) is 6.07 Å². The van der Waals surface area contributed by atoms with Crippen molar-refractivity contribution in [2.45, 2.75) is 38.5 Å². The number of pyridine rings is 1. The Balaban J connectivity index is 1.36. The zero-order valence-corrected chi connectivity index (χ0v) is 14.7. The molecule has 5 heteroatoms. The molecule has 1 aromatic heterocycles. The fourth-order valence-corrected chi connectivity index (χ4v) is 4.95. The number of nitrogens with zero attached hydrogens (tertiary/aromatic N) is 4. The maximum atomic E-state index is 13.0. The van der Waals surface area contributed by atoms with E-state index in [2.05, 4.69) is 20.9 Å². The van der Waals surface area contributed by atoms with Gasteiger partial charge >= 0.3 is 0 Å². The smallest absolute Gasteiger partial charge is 0.225 e. The maximum Gasteiger partial charge on any atom is 0.225 e. The lowest BCUT2D eigenvalue weighted by Crippen LogP contribution is -2.42. The number of hydrogen-bond acceptors (Lipinski definition) is 4. The van der Waals surface area contributed by atoms with E-state index in [4.69, 9.17) is 0 Å². The number of aromatic nitrogens is 1. The molecule has 1 amide bonds. The number of fused-ring (bicyclic) bond motifs is 1. The average molecular weight is 338 g/mol. The predicted octanol–water partition coefficient (Wildman–Crippen LogP) is 2.82. The molecule has 25 heavy (non-hydrogen) atoms. The van der Waals surface area contributed by atoms with E-state index in [1.807, 2.05) is 12.1 Å². The highest BCUT2D eigenvalue weighted by Crippen LogP contribution is 2.37. The summed E-state index contributed by atoms with van der Waals surface area (Å²) >= 11 is 0. The lowest BCUT2D eigenvalue weighted by molar-refractivity contribution is -0.135. The molecule has 3 heterocycles. The van der Waals surface area contributed by atoms with Gasteiger partial charge in [0.05, 0.1) is 5.69 Å². The number of nitriles is 1. The van der Waals surface area contributed by atoms with Gasteiger partial charge in [-0.1, -0.05) is 12.8 Å². The molecule has 0 bridgehead atoms. The molecule has 2 aliphatic heterocycles. The highest BCUT2D eigenvalue weighted by Gasteiger charge is 2.39. The van der Waals surface area contributed by atoms with Crippen molar-refractivity contribution in [3.05, 3.63) is 24.0 Å². The molecule has 1 aliphatic carbocycles. The summed E-state index contributed by atoms with van der Waals surface area (Å²) in [6, 6.07) is 6.00. The number of amides is 1. The van der Waals surface area contributed by atoms with Gasteiger partial charge in [0.15, 0.2) is 5.69 Å². The van der Waals surface area contributed by atoms with Crippen LogP contribution in [0.2, 0.25) is 0 Å². The minimum Gasteiger partial charge on any atom is -0.369 e. The molecule has 3 aliphatic rings. The van der Waals surface area contributed by atoms with E-state index >= 15 is 0 Å². The van der Waals surface area contributed by atoms with Crippen molar-refractivity contribution in [1.82, 2.24) is 9.88 Å². The summed E-state index contributed by atoms with van der Waals surface area (Å²) in [6.45, 7) is 3.64. The van der Waals surface area contributed by atoms with E-state index in [-0.39, 0.29) is 5.92 Å². The second kappa shape index (κ2) is 7.03. The van der Waals surface area contributed by atoms with Gasteiger partial charge in [-0.2, -0.15) is 5.26 Å². The second-order valence-electron chi connectivity index (χ2n) is 7.79. The molecule has 0 aromatic carbocycles. The standard InChI is InChI=1S/C20H26N4O/c21-12-18-19(6-3-9-22-18)23-10-7-15(8-11-23)20(25)24-13-16-4-1-2-5-17(16)14-24/h3,6,9,15-17H,1-2,4-5,7-8,10-11,13-14H2. The normalized spacial score (nSPS) is 27.0. The van der Waals surface area contributed by atoms with Gasteiger partial charge in [0.1, 0.15) is 6.07 Å². The minimum absolute atomic E-state index is 0.151. The molecule has 132 valence electrons. The third-order valence-corrected chi connectivity index (χ3v) is 6.37. The summed E-state index contributed by atoms with van der Waals surface area (Å²) < 4.78 is 0. The van der Waals surface area contributed by atoms with Crippen LogP contribution in [-0.2, 0) is 4.79 Å². The lowest BCUT2D eigenvalue weighted by Gasteiger charge is -2.34. The minimum atomic E-state index is 0.151. The Labute approximate surface area is 149 Å². The Morgan fingerprint density at radius 1 is 1.12 bits per heavy atom. The van der Waals surface area contributed by atoms with E-state index in [9.17, 15) is 10.1 Å². The number of carbonyl (C=O) groups is 1. The van der Waals surface area contributed by atoms with Gasteiger partial charge in [-0.3, -0.25) is 4.79 Å². The van der Waals surface area contributed by atoms with Crippen LogP contribution in [-0.4, -0.2) is 42.0 Å². The Kier molecular flexibility index (Phi) is 4.61. The molecule has 1 saturated carbocycles. The maximum absolute atomic E-state index is 13.0. The van der Waals surface area contributed by atoms with Crippen molar-refractivity contribution >= 4 is 11.6 Å². The van der Waals surface area contributed by atoms with Crippen molar-refractivity contribution in [1.29, 1.82) is 5.26 Å². The Morgan fingerprint density at radius 3 is 2.44 bits per heavy atom. The number of piperidine rings is 1. The second-order valence-corrected chi connectivity index (χ2v) is 7.79. The Morgan fingerprint density at radius 2 is 1.80 bits per heavy atom. The molecule has 0 radical (unpaired) electrons. The van der Waals surface area contributed by atoms with Crippen LogP contribution in [0.3, 0.4) is 0 Å². The van der Waals surface area contributed by atoms with Crippen LogP contribution < -0.4 is 4.90 Å². The number of carbonyl (C=O) groups excluding carboxylic acids is 1. The van der Waals surface area contributed by atoms with Gasteiger partial charge in [-0.25, -0.2) is 4.98 Å². The third-order valence-electron chi connectivity index (χ3n) is 6.37. The summed E-state index contributed by atoms with van der Waals surface area (Å²) in [5, 5.41) is 9.23. The van der Waals surface area contributed by atoms with Gasteiger partial charge in [-0.05, 0) is 49.7 Å². The molecule has 0 N–H and O–H groups in total. The van der Waals surface area contributed by atoms with Crippen LogP contribution in [0.4, 0.5) is 5.69 Å². The zero-order chi connectivity index (χ0) is 17.2. The summed E-state index contributed by atoms with van der Waals surface area (Å²) in [5.74, 6) is 2.04.